The van der Waals surface area contributed by atoms with Crippen molar-refractivity contribution in [3.63, 3.8) is 0 Å². The molecule has 0 amide bonds. The normalized spacial score (nSPS) is 12.2. The lowest BCUT2D eigenvalue weighted by molar-refractivity contribution is 0.591. The zero-order chi connectivity index (χ0) is 41.3. The van der Waals surface area contributed by atoms with Crippen molar-refractivity contribution in [2.24, 2.45) is 0 Å². The maximum atomic E-state index is 11.5. The first-order valence-electron chi connectivity index (χ1n) is 20.6. The van der Waals surface area contributed by atoms with Gasteiger partial charge in [0.2, 0.25) is 0 Å². The summed E-state index contributed by atoms with van der Waals surface area (Å²) in [5, 5.41) is 16.1. The molecule has 0 saturated carbocycles. The lowest BCUT2D eigenvalue weighted by Gasteiger charge is -2.21. The third-order valence-corrected chi connectivity index (χ3v) is 11.9. The molecule has 7 aromatic carbocycles. The van der Waals surface area contributed by atoms with Crippen molar-refractivity contribution in [2.75, 3.05) is 0 Å². The van der Waals surface area contributed by atoms with Gasteiger partial charge in [-0.2, -0.15) is 5.26 Å². The maximum absolute atomic E-state index is 11.5. The monoisotopic (exact) mass is 775 g/mol. The third kappa shape index (κ3) is 6.15. The van der Waals surface area contributed by atoms with Crippen LogP contribution in [0.3, 0.4) is 0 Å². The van der Waals surface area contributed by atoms with Crippen LogP contribution in [0.1, 0.15) is 58.2 Å². The van der Waals surface area contributed by atoms with Crippen molar-refractivity contribution < 1.29 is 0 Å². The van der Waals surface area contributed by atoms with E-state index in [-0.39, 0.29) is 10.8 Å². The molecular weight excluding hydrogens is 731 g/mol. The van der Waals surface area contributed by atoms with Gasteiger partial charge in [0.05, 0.1) is 44.8 Å². The number of fused-ring (bicyclic) bond motifs is 6. The van der Waals surface area contributed by atoms with E-state index in [1.165, 1.54) is 11.1 Å². The molecule has 5 nitrogen and oxygen atoms in total. The van der Waals surface area contributed by atoms with E-state index in [1.807, 2.05) is 36.4 Å². The van der Waals surface area contributed by atoms with Crippen molar-refractivity contribution in [2.45, 2.75) is 52.4 Å². The Bertz CT molecular complexity index is 3120. The second-order valence-electron chi connectivity index (χ2n) is 17.9. The summed E-state index contributed by atoms with van der Waals surface area (Å²) >= 11 is 0. The van der Waals surface area contributed by atoms with Crippen LogP contribution in [0.2, 0.25) is 0 Å². The Labute approximate surface area is 350 Å². The lowest BCUT2D eigenvalue weighted by Crippen LogP contribution is -2.11. The highest BCUT2D eigenvalue weighted by atomic mass is 15.0. The van der Waals surface area contributed by atoms with Crippen LogP contribution in [-0.4, -0.2) is 19.1 Å². The largest absolute Gasteiger partial charge is 0.308 e. The molecule has 0 aliphatic rings. The molecule has 0 fully saturated rings. The average molecular weight is 776 g/mol. The van der Waals surface area contributed by atoms with Crippen LogP contribution in [0.25, 0.3) is 88.9 Å². The number of rotatable bonds is 5. The van der Waals surface area contributed by atoms with E-state index in [0.717, 1.165) is 83.1 Å². The van der Waals surface area contributed by atoms with E-state index in [1.54, 1.807) is 0 Å². The van der Waals surface area contributed by atoms with E-state index in [0.29, 0.717) is 11.4 Å². The molecule has 0 aliphatic carbocycles. The molecule has 60 heavy (non-hydrogen) atoms. The molecule has 0 bridgehead atoms. The molecule has 0 aliphatic heterocycles. The average Bonchev–Trinajstić information content (AvgIpc) is 3.78. The summed E-state index contributed by atoms with van der Waals surface area (Å²) in [4.78, 5) is 10.4. The van der Waals surface area contributed by atoms with Crippen molar-refractivity contribution in [3.8, 4) is 51.3 Å². The molecule has 5 heteroatoms. The molecule has 3 aromatic heterocycles. The summed E-state index contributed by atoms with van der Waals surface area (Å²) in [5.41, 5.74) is 13.2. The van der Waals surface area contributed by atoms with Crippen LogP contribution in [-0.2, 0) is 10.8 Å². The zero-order valence-corrected chi connectivity index (χ0v) is 34.8. The van der Waals surface area contributed by atoms with Gasteiger partial charge in [-0.05, 0) is 76.6 Å². The number of nitriles is 1. The molecule has 0 unspecified atom stereocenters. The molecule has 0 atom stereocenters. The number of nitrogens with zero attached hydrogens (tertiary/aromatic N) is 5. The van der Waals surface area contributed by atoms with Gasteiger partial charge in [-0.15, -0.1) is 0 Å². The number of hydrogen-bond acceptors (Lipinski definition) is 3. The van der Waals surface area contributed by atoms with Crippen LogP contribution in [0, 0.1) is 11.3 Å². The summed E-state index contributed by atoms with van der Waals surface area (Å²) < 4.78 is 4.57. The molecular formula is C55H45N5. The van der Waals surface area contributed by atoms with Gasteiger partial charge in [0, 0.05) is 38.2 Å². The van der Waals surface area contributed by atoms with Gasteiger partial charge in [0.15, 0.2) is 5.82 Å². The number of para-hydroxylation sites is 2. The minimum Gasteiger partial charge on any atom is -0.308 e. The molecule has 0 N–H and O–H groups in total. The third-order valence-electron chi connectivity index (χ3n) is 11.9. The summed E-state index contributed by atoms with van der Waals surface area (Å²) in [6, 6.07) is 60.2. The molecule has 0 spiro atoms. The molecule has 3 heterocycles. The minimum absolute atomic E-state index is 0.0361. The fraction of sp³-hybridized carbons (Fsp3) is 0.145. The first-order chi connectivity index (χ1) is 29.0. The van der Waals surface area contributed by atoms with Crippen molar-refractivity contribution in [1.82, 2.24) is 19.1 Å². The van der Waals surface area contributed by atoms with Gasteiger partial charge in [-0.25, -0.2) is 9.97 Å². The van der Waals surface area contributed by atoms with Gasteiger partial charge < -0.3 is 9.13 Å². The first-order valence-corrected chi connectivity index (χ1v) is 20.6. The Hall–Kier alpha value is -7.29. The van der Waals surface area contributed by atoms with Crippen LogP contribution in [0.15, 0.2) is 164 Å². The molecule has 290 valence electrons. The Morgan fingerprint density at radius 1 is 0.417 bits per heavy atom. The Kier molecular flexibility index (Phi) is 8.59. The fourth-order valence-electron chi connectivity index (χ4n) is 8.69. The quantitative estimate of drug-likeness (QED) is 0.175. The van der Waals surface area contributed by atoms with Gasteiger partial charge in [0.1, 0.15) is 11.6 Å². The van der Waals surface area contributed by atoms with E-state index in [9.17, 15) is 5.26 Å². The summed E-state index contributed by atoms with van der Waals surface area (Å²) in [5.74, 6) is 0.637. The summed E-state index contributed by atoms with van der Waals surface area (Å²) in [6.07, 6.45) is 0. The highest BCUT2D eigenvalue weighted by Crippen LogP contribution is 2.42. The Morgan fingerprint density at radius 2 is 0.833 bits per heavy atom. The van der Waals surface area contributed by atoms with Crippen LogP contribution in [0.4, 0.5) is 0 Å². The predicted octanol–water partition coefficient (Wildman–Crippen LogP) is 14.1. The molecule has 10 rings (SSSR count). The van der Waals surface area contributed by atoms with E-state index >= 15 is 0 Å². The van der Waals surface area contributed by atoms with Gasteiger partial charge >= 0.3 is 0 Å². The SMILES string of the molecule is CC(C)(C)c1ccc2c(c1)c1ccccc1n2-c1cc(-c2cc(-c3ccccc3)nc(-c3ccccc3)n2)cc(-n2c3ccccc3c3cc(C(C)(C)C)ccc32)c1C#N. The zero-order valence-electron chi connectivity index (χ0n) is 34.8. The van der Waals surface area contributed by atoms with Crippen molar-refractivity contribution in [1.29, 1.82) is 5.26 Å². The second kappa shape index (κ2) is 13.9. The van der Waals surface area contributed by atoms with Gasteiger partial charge in [0.25, 0.3) is 0 Å². The maximum Gasteiger partial charge on any atom is 0.160 e. The number of hydrogen-bond donors (Lipinski definition) is 0. The predicted molar refractivity (Wildman–Crippen MR) is 249 cm³/mol. The first kappa shape index (κ1) is 37.0. The van der Waals surface area contributed by atoms with E-state index in [2.05, 4.69) is 184 Å². The summed E-state index contributed by atoms with van der Waals surface area (Å²) in [7, 11) is 0. The smallest absolute Gasteiger partial charge is 0.160 e. The molecule has 10 aromatic rings. The Morgan fingerprint density at radius 3 is 1.30 bits per heavy atom. The Balaban J connectivity index is 1.35. The number of aromatic nitrogens is 4. The van der Waals surface area contributed by atoms with Crippen LogP contribution < -0.4 is 0 Å². The van der Waals surface area contributed by atoms with E-state index < -0.39 is 0 Å². The van der Waals surface area contributed by atoms with Gasteiger partial charge in [-0.1, -0.05) is 151 Å². The van der Waals surface area contributed by atoms with Crippen LogP contribution in [0.5, 0.6) is 0 Å². The molecule has 0 radical (unpaired) electrons. The van der Waals surface area contributed by atoms with Crippen LogP contribution >= 0.6 is 0 Å². The van der Waals surface area contributed by atoms with Crippen molar-refractivity contribution in [3.05, 3.63) is 180 Å². The topological polar surface area (TPSA) is 59.4 Å². The standard InChI is InChI=1S/C55H45N5/c1-54(2,3)38-25-27-49-42(31-38)40-21-13-15-23-47(40)59(49)51-29-37(46-33-45(35-17-9-7-10-18-35)57-53(58-46)36-19-11-8-12-20-36)30-52(44(51)34-56)60-48-24-16-14-22-41(48)43-32-39(55(4,5)6)26-28-50(43)60/h7-33H,1-6H3. The van der Waals surface area contributed by atoms with Gasteiger partial charge in [-0.3, -0.25) is 0 Å². The number of benzene rings is 7. The minimum atomic E-state index is -0.0361. The molecule has 0 saturated heterocycles. The van der Waals surface area contributed by atoms with Crippen molar-refractivity contribution >= 4 is 43.6 Å². The highest BCUT2D eigenvalue weighted by molar-refractivity contribution is 6.11. The highest BCUT2D eigenvalue weighted by Gasteiger charge is 2.25. The second-order valence-corrected chi connectivity index (χ2v) is 17.9. The van der Waals surface area contributed by atoms with E-state index in [4.69, 9.17) is 9.97 Å². The lowest BCUT2D eigenvalue weighted by atomic mass is 9.86. The summed E-state index contributed by atoms with van der Waals surface area (Å²) in [6.45, 7) is 13.5. The fourth-order valence-corrected chi connectivity index (χ4v) is 8.69.